The first-order valence-electron chi connectivity index (χ1n) is 6.69. The lowest BCUT2D eigenvalue weighted by Gasteiger charge is -2.19. The van der Waals surface area contributed by atoms with E-state index < -0.39 is 0 Å². The summed E-state index contributed by atoms with van der Waals surface area (Å²) in [6, 6.07) is 10.6. The van der Waals surface area contributed by atoms with Crippen LogP contribution in [-0.2, 0) is 0 Å². The van der Waals surface area contributed by atoms with Crippen LogP contribution in [0.15, 0.2) is 44.5 Å². The number of halogens is 1. The van der Waals surface area contributed by atoms with Gasteiger partial charge in [-0.2, -0.15) is 0 Å². The monoisotopic (exact) mass is 398 g/mol. The summed E-state index contributed by atoms with van der Waals surface area (Å²) < 4.78 is 3.45. The van der Waals surface area contributed by atoms with Gasteiger partial charge in [0.05, 0.1) is 15.5 Å². The van der Waals surface area contributed by atoms with Gasteiger partial charge in [-0.3, -0.25) is 0 Å². The Balaban J connectivity index is 1.90. The maximum Gasteiger partial charge on any atom is 0.151 e. The van der Waals surface area contributed by atoms with Crippen molar-refractivity contribution in [3.8, 4) is 0 Å². The van der Waals surface area contributed by atoms with E-state index >= 15 is 0 Å². The SMILES string of the molecule is CCC(N)C(Sc1nc2ccccc2s1)c1cc(Br)cs1. The molecular weight excluding hydrogens is 384 g/mol. The number of rotatable bonds is 5. The molecule has 0 saturated heterocycles. The van der Waals surface area contributed by atoms with Crippen molar-refractivity contribution >= 4 is 60.6 Å². The summed E-state index contributed by atoms with van der Waals surface area (Å²) in [7, 11) is 0. The van der Waals surface area contributed by atoms with Gasteiger partial charge in [0.25, 0.3) is 0 Å². The molecule has 0 fully saturated rings. The van der Waals surface area contributed by atoms with E-state index in [9.17, 15) is 0 Å². The van der Waals surface area contributed by atoms with Crippen LogP contribution in [-0.4, -0.2) is 11.0 Å². The Morgan fingerprint density at radius 1 is 1.38 bits per heavy atom. The highest BCUT2D eigenvalue weighted by atomic mass is 79.9. The molecule has 6 heteroatoms. The zero-order chi connectivity index (χ0) is 14.8. The molecule has 2 N–H and O–H groups in total. The molecule has 0 aliphatic carbocycles. The van der Waals surface area contributed by atoms with Crippen LogP contribution in [0.3, 0.4) is 0 Å². The summed E-state index contributed by atoms with van der Waals surface area (Å²) in [5.74, 6) is 0. The molecule has 0 radical (unpaired) electrons. The predicted octanol–water partition coefficient (Wildman–Crippen LogP) is 5.69. The minimum Gasteiger partial charge on any atom is -0.326 e. The fourth-order valence-electron chi connectivity index (χ4n) is 2.06. The fraction of sp³-hybridized carbons (Fsp3) is 0.267. The van der Waals surface area contributed by atoms with E-state index in [2.05, 4.69) is 52.5 Å². The number of thioether (sulfide) groups is 1. The summed E-state index contributed by atoms with van der Waals surface area (Å²) in [6.45, 7) is 2.14. The van der Waals surface area contributed by atoms with Gasteiger partial charge in [0, 0.05) is 20.8 Å². The quantitative estimate of drug-likeness (QED) is 0.560. The van der Waals surface area contributed by atoms with Gasteiger partial charge in [0.15, 0.2) is 4.34 Å². The zero-order valence-electron chi connectivity index (χ0n) is 11.5. The van der Waals surface area contributed by atoms with Crippen molar-refractivity contribution in [3.05, 3.63) is 45.1 Å². The zero-order valence-corrected chi connectivity index (χ0v) is 15.5. The second kappa shape index (κ2) is 6.79. The molecule has 0 aliphatic heterocycles. The predicted molar refractivity (Wildman–Crippen MR) is 98.5 cm³/mol. The smallest absolute Gasteiger partial charge is 0.151 e. The molecule has 0 saturated carbocycles. The topological polar surface area (TPSA) is 38.9 Å². The molecular formula is C15H15BrN2S3. The van der Waals surface area contributed by atoms with Gasteiger partial charge in [-0.15, -0.1) is 22.7 Å². The molecule has 2 aromatic heterocycles. The molecule has 2 heterocycles. The van der Waals surface area contributed by atoms with Crippen LogP contribution in [0.25, 0.3) is 10.2 Å². The third-order valence-electron chi connectivity index (χ3n) is 3.23. The standard InChI is InChI=1S/C15H15BrN2S3/c1-2-10(17)14(13-7-9(16)8-19-13)21-15-18-11-5-3-4-6-12(11)20-15/h3-8,10,14H,2,17H2,1H3. The van der Waals surface area contributed by atoms with E-state index in [1.165, 1.54) is 9.58 Å². The van der Waals surface area contributed by atoms with Crippen LogP contribution in [0.2, 0.25) is 0 Å². The van der Waals surface area contributed by atoms with E-state index in [-0.39, 0.29) is 11.3 Å². The lowest BCUT2D eigenvalue weighted by molar-refractivity contribution is 0.639. The number of hydrogen-bond donors (Lipinski definition) is 1. The lowest BCUT2D eigenvalue weighted by atomic mass is 10.1. The average Bonchev–Trinajstić information content (AvgIpc) is 3.09. The first-order chi connectivity index (χ1) is 10.2. The van der Waals surface area contributed by atoms with Crippen molar-refractivity contribution in [2.75, 3.05) is 0 Å². The van der Waals surface area contributed by atoms with Crippen LogP contribution < -0.4 is 5.73 Å². The second-order valence-electron chi connectivity index (χ2n) is 4.73. The molecule has 3 aromatic rings. The highest BCUT2D eigenvalue weighted by Gasteiger charge is 2.23. The average molecular weight is 399 g/mol. The molecule has 110 valence electrons. The van der Waals surface area contributed by atoms with E-state index in [0.29, 0.717) is 0 Å². The molecule has 0 spiro atoms. The number of nitrogens with two attached hydrogens (primary N) is 1. The Kier molecular flexibility index (Phi) is 5.01. The van der Waals surface area contributed by atoms with E-state index in [1.54, 1.807) is 34.4 Å². The Labute approximate surface area is 144 Å². The highest BCUT2D eigenvalue weighted by Crippen LogP contribution is 2.43. The molecule has 2 nitrogen and oxygen atoms in total. The molecule has 2 unspecified atom stereocenters. The summed E-state index contributed by atoms with van der Waals surface area (Å²) in [5, 5.41) is 2.37. The molecule has 21 heavy (non-hydrogen) atoms. The van der Waals surface area contributed by atoms with E-state index in [0.717, 1.165) is 20.7 Å². The van der Waals surface area contributed by atoms with Crippen molar-refractivity contribution in [1.82, 2.24) is 4.98 Å². The number of thiophene rings is 1. The molecule has 0 bridgehead atoms. The van der Waals surface area contributed by atoms with Crippen LogP contribution in [0.5, 0.6) is 0 Å². The van der Waals surface area contributed by atoms with Crippen molar-refractivity contribution < 1.29 is 0 Å². The minimum absolute atomic E-state index is 0.132. The summed E-state index contributed by atoms with van der Waals surface area (Å²) in [4.78, 5) is 6.03. The third-order valence-corrected chi connectivity index (χ3v) is 7.68. The van der Waals surface area contributed by atoms with Gasteiger partial charge in [0.1, 0.15) is 0 Å². The van der Waals surface area contributed by atoms with Crippen LogP contribution >= 0.6 is 50.4 Å². The van der Waals surface area contributed by atoms with Gasteiger partial charge in [-0.25, -0.2) is 4.98 Å². The molecule has 2 atom stereocenters. The van der Waals surface area contributed by atoms with E-state index in [1.807, 2.05) is 6.07 Å². The molecule has 3 rings (SSSR count). The number of hydrogen-bond acceptors (Lipinski definition) is 5. The molecule has 0 amide bonds. The maximum atomic E-state index is 6.35. The second-order valence-corrected chi connectivity index (χ2v) is 9.00. The van der Waals surface area contributed by atoms with Crippen molar-refractivity contribution in [3.63, 3.8) is 0 Å². The molecule has 0 aliphatic rings. The Bertz CT molecular complexity index is 704. The Morgan fingerprint density at radius 3 is 2.86 bits per heavy atom. The van der Waals surface area contributed by atoms with Gasteiger partial charge in [0.2, 0.25) is 0 Å². The number of benzene rings is 1. The van der Waals surface area contributed by atoms with Crippen molar-refractivity contribution in [1.29, 1.82) is 0 Å². The van der Waals surface area contributed by atoms with Gasteiger partial charge >= 0.3 is 0 Å². The molecule has 1 aromatic carbocycles. The lowest BCUT2D eigenvalue weighted by Crippen LogP contribution is -2.25. The number of aromatic nitrogens is 1. The first-order valence-corrected chi connectivity index (χ1v) is 10.1. The Hall–Kier alpha value is -0.400. The van der Waals surface area contributed by atoms with Crippen molar-refractivity contribution in [2.24, 2.45) is 5.73 Å². The third kappa shape index (κ3) is 3.51. The number of nitrogens with zero attached hydrogens (tertiary/aromatic N) is 1. The summed E-state index contributed by atoms with van der Waals surface area (Å²) in [5.41, 5.74) is 7.42. The Morgan fingerprint density at radius 2 is 2.19 bits per heavy atom. The van der Waals surface area contributed by atoms with Crippen molar-refractivity contribution in [2.45, 2.75) is 29.0 Å². The highest BCUT2D eigenvalue weighted by molar-refractivity contribution is 9.10. The largest absolute Gasteiger partial charge is 0.326 e. The number of thiazole rings is 1. The first kappa shape index (κ1) is 15.5. The van der Waals surface area contributed by atoms with Crippen LogP contribution in [0.1, 0.15) is 23.5 Å². The van der Waals surface area contributed by atoms with Gasteiger partial charge in [-0.05, 0) is 40.5 Å². The maximum absolute atomic E-state index is 6.35. The van der Waals surface area contributed by atoms with Gasteiger partial charge < -0.3 is 5.73 Å². The normalized spacial score (nSPS) is 14.4. The van der Waals surface area contributed by atoms with Crippen LogP contribution in [0.4, 0.5) is 0 Å². The van der Waals surface area contributed by atoms with Crippen LogP contribution in [0, 0.1) is 0 Å². The van der Waals surface area contributed by atoms with E-state index in [4.69, 9.17) is 10.7 Å². The number of para-hydroxylation sites is 1. The number of fused-ring (bicyclic) bond motifs is 1. The summed E-state index contributed by atoms with van der Waals surface area (Å²) in [6.07, 6.45) is 0.956. The fourth-order valence-corrected chi connectivity index (χ4v) is 6.26. The summed E-state index contributed by atoms with van der Waals surface area (Å²) >= 11 is 8.82. The van der Waals surface area contributed by atoms with Gasteiger partial charge in [-0.1, -0.05) is 30.8 Å². The minimum atomic E-state index is 0.132.